The fraction of sp³-hybridized carbons (Fsp3) is 0.200. The number of phenols is 1. The predicted octanol–water partition coefficient (Wildman–Crippen LogP) is 1.01. The van der Waals surface area contributed by atoms with E-state index in [1.807, 2.05) is 5.92 Å². The fourth-order valence-corrected chi connectivity index (χ4v) is 0.582. The fourth-order valence-electron chi connectivity index (χ4n) is 0.582. The van der Waals surface area contributed by atoms with E-state index in [1.165, 1.54) is 0 Å². The van der Waals surface area contributed by atoms with Crippen LogP contribution in [0.4, 0.5) is 0 Å². The van der Waals surface area contributed by atoms with Crippen LogP contribution >= 0.6 is 0 Å². The molecule has 2 N–H and O–H groups in total. The molecule has 0 heterocycles. The number of ether oxygens (including phenoxy) is 1. The van der Waals surface area contributed by atoms with Crippen molar-refractivity contribution in [2.45, 2.75) is 0 Å². The molecule has 0 atom stereocenters. The lowest BCUT2D eigenvalue weighted by atomic mass is 10.3. The number of aliphatic hydroxyl groups excluding tert-OH is 1. The van der Waals surface area contributed by atoms with Gasteiger partial charge < -0.3 is 14.9 Å². The second kappa shape index (κ2) is 7.01. The highest BCUT2D eigenvalue weighted by Gasteiger charge is 1.87. The maximum atomic E-state index is 8.80. The first-order valence-electron chi connectivity index (χ1n) is 3.62. The molecule has 1 aromatic rings. The van der Waals surface area contributed by atoms with Crippen molar-refractivity contribution in [3.63, 3.8) is 0 Å². The summed E-state index contributed by atoms with van der Waals surface area (Å²) in [6, 6.07) is 6.57. The van der Waals surface area contributed by atoms with Gasteiger partial charge in [0.2, 0.25) is 0 Å². The minimum atomic E-state index is -0.153. The molecule has 0 saturated heterocycles. The number of terminal acetylenes is 1. The van der Waals surface area contributed by atoms with Crippen LogP contribution in [0, 0.1) is 12.3 Å². The molecule has 3 nitrogen and oxygen atoms in total. The van der Waals surface area contributed by atoms with E-state index in [1.54, 1.807) is 31.4 Å². The van der Waals surface area contributed by atoms with Gasteiger partial charge in [0.1, 0.15) is 18.1 Å². The average molecular weight is 180 g/mol. The summed E-state index contributed by atoms with van der Waals surface area (Å²) in [4.78, 5) is 0. The number of aromatic hydroxyl groups is 1. The summed E-state index contributed by atoms with van der Waals surface area (Å²) in [5.41, 5.74) is 0. The average Bonchev–Trinajstić information content (AvgIpc) is 2.19. The molecule has 0 saturated carbocycles. The van der Waals surface area contributed by atoms with Gasteiger partial charge in [-0.3, -0.25) is 0 Å². The molecular formula is C10H12O3. The molecule has 0 unspecified atom stereocenters. The summed E-state index contributed by atoms with van der Waals surface area (Å²) in [6.45, 7) is -0.153. The van der Waals surface area contributed by atoms with Gasteiger partial charge in [0, 0.05) is 0 Å². The summed E-state index contributed by atoms with van der Waals surface area (Å²) in [5.74, 6) is 3.00. The Morgan fingerprint density at radius 1 is 1.38 bits per heavy atom. The summed E-state index contributed by atoms with van der Waals surface area (Å²) in [6.07, 6.45) is 4.53. The smallest absolute Gasteiger partial charge is 0.119 e. The Hall–Kier alpha value is -1.66. The Balaban J connectivity index is 0.000000310. The van der Waals surface area contributed by atoms with Crippen molar-refractivity contribution in [1.82, 2.24) is 0 Å². The molecule has 13 heavy (non-hydrogen) atoms. The molecule has 0 radical (unpaired) electrons. The maximum absolute atomic E-state index is 8.80. The quantitative estimate of drug-likeness (QED) is 0.634. The monoisotopic (exact) mass is 180 g/mol. The van der Waals surface area contributed by atoms with Crippen molar-refractivity contribution in [2.75, 3.05) is 13.7 Å². The molecule has 0 spiro atoms. The van der Waals surface area contributed by atoms with Crippen molar-refractivity contribution >= 4 is 0 Å². The zero-order valence-electron chi connectivity index (χ0n) is 7.40. The third-order valence-electron chi connectivity index (χ3n) is 1.16. The van der Waals surface area contributed by atoms with E-state index in [4.69, 9.17) is 14.9 Å². The second-order valence-electron chi connectivity index (χ2n) is 2.06. The Morgan fingerprint density at radius 3 is 2.15 bits per heavy atom. The highest BCUT2D eigenvalue weighted by atomic mass is 16.5. The molecular weight excluding hydrogens is 168 g/mol. The summed E-state index contributed by atoms with van der Waals surface area (Å²) in [5, 5.41) is 16.4. The number of phenolic OH excluding ortho intramolecular Hbond substituents is 1. The highest BCUT2D eigenvalue weighted by Crippen LogP contribution is 2.14. The number of benzene rings is 1. The Bertz CT molecular complexity index is 258. The summed E-state index contributed by atoms with van der Waals surface area (Å²) >= 11 is 0. The van der Waals surface area contributed by atoms with Gasteiger partial charge in [0.25, 0.3) is 0 Å². The van der Waals surface area contributed by atoms with Crippen LogP contribution in [0.5, 0.6) is 11.5 Å². The topological polar surface area (TPSA) is 49.7 Å². The summed E-state index contributed by atoms with van der Waals surface area (Å²) < 4.78 is 4.86. The number of aliphatic hydroxyl groups is 1. The predicted molar refractivity (Wildman–Crippen MR) is 50.6 cm³/mol. The van der Waals surface area contributed by atoms with Crippen molar-refractivity contribution < 1.29 is 14.9 Å². The van der Waals surface area contributed by atoms with Crippen LogP contribution in [-0.4, -0.2) is 23.9 Å². The lowest BCUT2D eigenvalue weighted by Gasteiger charge is -1.96. The molecule has 0 aromatic heterocycles. The zero-order valence-corrected chi connectivity index (χ0v) is 7.40. The minimum absolute atomic E-state index is 0.153. The van der Waals surface area contributed by atoms with Crippen molar-refractivity contribution in [3.8, 4) is 23.8 Å². The number of hydrogen-bond acceptors (Lipinski definition) is 3. The van der Waals surface area contributed by atoms with Gasteiger partial charge in [-0.25, -0.2) is 0 Å². The van der Waals surface area contributed by atoms with E-state index in [9.17, 15) is 0 Å². The zero-order chi connectivity index (χ0) is 10.1. The third-order valence-corrected chi connectivity index (χ3v) is 1.16. The van der Waals surface area contributed by atoms with Gasteiger partial charge in [-0.2, -0.15) is 0 Å². The summed E-state index contributed by atoms with van der Waals surface area (Å²) in [7, 11) is 1.59. The van der Waals surface area contributed by atoms with E-state index in [-0.39, 0.29) is 12.4 Å². The van der Waals surface area contributed by atoms with Crippen LogP contribution in [0.2, 0.25) is 0 Å². The van der Waals surface area contributed by atoms with E-state index in [0.29, 0.717) is 0 Å². The van der Waals surface area contributed by atoms with Gasteiger partial charge >= 0.3 is 0 Å². The Labute approximate surface area is 77.6 Å². The van der Waals surface area contributed by atoms with Crippen LogP contribution in [0.3, 0.4) is 0 Å². The number of rotatable bonds is 1. The first-order valence-corrected chi connectivity index (χ1v) is 3.62. The molecule has 1 rings (SSSR count). The van der Waals surface area contributed by atoms with Gasteiger partial charge in [0.15, 0.2) is 0 Å². The van der Waals surface area contributed by atoms with Crippen molar-refractivity contribution in [2.24, 2.45) is 0 Å². The SMILES string of the molecule is C#CCO.COc1ccc(O)cc1. The largest absolute Gasteiger partial charge is 0.508 e. The minimum Gasteiger partial charge on any atom is -0.508 e. The van der Waals surface area contributed by atoms with Crippen LogP contribution < -0.4 is 4.74 Å². The number of methoxy groups -OCH3 is 1. The highest BCUT2D eigenvalue weighted by molar-refractivity contribution is 5.29. The molecule has 0 fully saturated rings. The molecule has 1 aromatic carbocycles. The van der Waals surface area contributed by atoms with Gasteiger partial charge in [-0.1, -0.05) is 5.92 Å². The van der Waals surface area contributed by atoms with E-state index >= 15 is 0 Å². The van der Waals surface area contributed by atoms with Crippen molar-refractivity contribution in [3.05, 3.63) is 24.3 Å². The first kappa shape index (κ1) is 11.3. The lowest BCUT2D eigenvalue weighted by molar-refractivity contribution is 0.351. The van der Waals surface area contributed by atoms with Gasteiger partial charge in [-0.15, -0.1) is 6.42 Å². The van der Waals surface area contributed by atoms with E-state index in [0.717, 1.165) is 5.75 Å². The molecule has 3 heteroatoms. The second-order valence-corrected chi connectivity index (χ2v) is 2.06. The van der Waals surface area contributed by atoms with Gasteiger partial charge in [0.05, 0.1) is 7.11 Å². The normalized spacial score (nSPS) is 7.77. The molecule has 0 amide bonds. The molecule has 0 aliphatic carbocycles. The third kappa shape index (κ3) is 5.59. The van der Waals surface area contributed by atoms with Crippen LogP contribution in [-0.2, 0) is 0 Å². The van der Waals surface area contributed by atoms with E-state index < -0.39 is 0 Å². The maximum Gasteiger partial charge on any atom is 0.119 e. The molecule has 0 aliphatic rings. The van der Waals surface area contributed by atoms with Crippen LogP contribution in [0.25, 0.3) is 0 Å². The van der Waals surface area contributed by atoms with E-state index in [2.05, 4.69) is 6.42 Å². The lowest BCUT2D eigenvalue weighted by Crippen LogP contribution is -1.79. The number of hydrogen-bond donors (Lipinski definition) is 2. The standard InChI is InChI=1S/C7H8O2.C3H4O/c1-9-7-4-2-6(8)3-5-7;1-2-3-4/h2-5,8H,1H3;1,4H,3H2. The molecule has 0 aliphatic heterocycles. The first-order chi connectivity index (χ1) is 6.24. The van der Waals surface area contributed by atoms with Crippen molar-refractivity contribution in [1.29, 1.82) is 0 Å². The van der Waals surface area contributed by atoms with Crippen LogP contribution in [0.15, 0.2) is 24.3 Å². The Morgan fingerprint density at radius 2 is 1.85 bits per heavy atom. The Kier molecular flexibility index (Phi) is 6.12. The molecule has 70 valence electrons. The van der Waals surface area contributed by atoms with Gasteiger partial charge in [-0.05, 0) is 24.3 Å². The van der Waals surface area contributed by atoms with Crippen LogP contribution in [0.1, 0.15) is 0 Å². The molecule has 0 bridgehead atoms.